The molecule has 0 aromatic heterocycles. The van der Waals surface area contributed by atoms with E-state index in [0.717, 1.165) is 30.2 Å². The third-order valence-corrected chi connectivity index (χ3v) is 6.35. The topological polar surface area (TPSA) is 66.5 Å². The first kappa shape index (κ1) is 22.9. The zero-order chi connectivity index (χ0) is 21.6. The van der Waals surface area contributed by atoms with Crippen LogP contribution in [-0.2, 0) is 21.2 Å². The van der Waals surface area contributed by atoms with Gasteiger partial charge in [-0.1, -0.05) is 43.3 Å². The van der Waals surface area contributed by atoms with Gasteiger partial charge in [-0.3, -0.25) is 9.10 Å². The third kappa shape index (κ3) is 6.32. The monoisotopic (exact) mass is 416 g/mol. The van der Waals surface area contributed by atoms with E-state index in [-0.39, 0.29) is 11.9 Å². The minimum Gasteiger partial charge on any atom is -0.352 e. The van der Waals surface area contributed by atoms with Crippen LogP contribution < -0.4 is 9.62 Å². The highest BCUT2D eigenvalue weighted by atomic mass is 32.2. The molecule has 1 amide bonds. The van der Waals surface area contributed by atoms with Crippen molar-refractivity contribution in [1.29, 1.82) is 0 Å². The summed E-state index contributed by atoms with van der Waals surface area (Å²) in [7, 11) is -3.62. The van der Waals surface area contributed by atoms with Gasteiger partial charge in [0.15, 0.2) is 0 Å². The highest BCUT2D eigenvalue weighted by Gasteiger charge is 2.32. The molecule has 0 bridgehead atoms. The predicted octanol–water partition coefficient (Wildman–Crippen LogP) is 3.99. The zero-order valence-corrected chi connectivity index (χ0v) is 18.8. The molecule has 0 aliphatic carbocycles. The van der Waals surface area contributed by atoms with Gasteiger partial charge in [-0.2, -0.15) is 0 Å². The lowest BCUT2D eigenvalue weighted by Crippen LogP contribution is -2.51. The summed E-state index contributed by atoms with van der Waals surface area (Å²) in [5.41, 5.74) is 3.81. The van der Waals surface area contributed by atoms with Gasteiger partial charge in [-0.25, -0.2) is 8.42 Å². The zero-order valence-electron chi connectivity index (χ0n) is 18.0. The fourth-order valence-corrected chi connectivity index (χ4v) is 4.57. The number of nitrogens with one attached hydrogen (secondary N) is 1. The largest absolute Gasteiger partial charge is 0.352 e. The summed E-state index contributed by atoms with van der Waals surface area (Å²) in [4.78, 5) is 13.0. The maximum Gasteiger partial charge on any atom is 0.244 e. The molecule has 2 rings (SSSR count). The number of benzene rings is 2. The van der Waals surface area contributed by atoms with Gasteiger partial charge in [0.1, 0.15) is 6.04 Å². The van der Waals surface area contributed by atoms with Gasteiger partial charge in [0, 0.05) is 6.04 Å². The lowest BCUT2D eigenvalue weighted by atomic mass is 10.1. The Morgan fingerprint density at radius 1 is 1.07 bits per heavy atom. The molecule has 1 N–H and O–H groups in total. The van der Waals surface area contributed by atoms with Crippen molar-refractivity contribution in [1.82, 2.24) is 5.32 Å². The highest BCUT2D eigenvalue weighted by molar-refractivity contribution is 7.92. The fraction of sp³-hybridized carbons (Fsp3) is 0.435. The molecule has 0 spiro atoms. The van der Waals surface area contributed by atoms with E-state index >= 15 is 0 Å². The molecule has 5 nitrogen and oxygen atoms in total. The number of carbonyl (C=O) groups excluding carboxylic acids is 1. The summed E-state index contributed by atoms with van der Waals surface area (Å²) in [6.45, 7) is 7.70. The van der Waals surface area contributed by atoms with Gasteiger partial charge in [0.2, 0.25) is 15.9 Å². The summed E-state index contributed by atoms with van der Waals surface area (Å²) in [5.74, 6) is -0.267. The summed E-state index contributed by atoms with van der Waals surface area (Å²) < 4.78 is 26.4. The highest BCUT2D eigenvalue weighted by Crippen LogP contribution is 2.25. The smallest absolute Gasteiger partial charge is 0.244 e. The maximum absolute atomic E-state index is 13.0. The molecule has 2 aromatic carbocycles. The van der Waals surface area contributed by atoms with Crippen LogP contribution in [0.5, 0.6) is 0 Å². The van der Waals surface area contributed by atoms with Gasteiger partial charge in [-0.05, 0) is 68.9 Å². The molecule has 0 aliphatic rings. The van der Waals surface area contributed by atoms with Crippen molar-refractivity contribution in [2.75, 3.05) is 10.6 Å². The molecule has 0 heterocycles. The van der Waals surface area contributed by atoms with E-state index in [1.165, 1.54) is 9.87 Å². The van der Waals surface area contributed by atoms with Crippen molar-refractivity contribution in [3.05, 3.63) is 65.2 Å². The van der Waals surface area contributed by atoms with E-state index in [4.69, 9.17) is 0 Å². The maximum atomic E-state index is 13.0. The van der Waals surface area contributed by atoms with Crippen LogP contribution in [0.15, 0.2) is 48.5 Å². The van der Waals surface area contributed by atoms with Gasteiger partial charge in [0.25, 0.3) is 0 Å². The Hall–Kier alpha value is -2.34. The fourth-order valence-electron chi connectivity index (χ4n) is 3.36. The van der Waals surface area contributed by atoms with Crippen LogP contribution in [-0.4, -0.2) is 32.7 Å². The minimum absolute atomic E-state index is 0.0575. The first-order chi connectivity index (χ1) is 13.6. The lowest BCUT2D eigenvalue weighted by Gasteiger charge is -2.31. The Morgan fingerprint density at radius 2 is 1.72 bits per heavy atom. The molecule has 2 atom stereocenters. The molecule has 0 saturated carbocycles. The number of hydrogen-bond acceptors (Lipinski definition) is 3. The average molecular weight is 417 g/mol. The second kappa shape index (κ2) is 9.92. The Kier molecular flexibility index (Phi) is 7.85. The van der Waals surface area contributed by atoms with Crippen LogP contribution in [0.4, 0.5) is 5.69 Å². The molecule has 0 radical (unpaired) electrons. The molecule has 0 aliphatic heterocycles. The average Bonchev–Trinajstić information content (AvgIpc) is 2.66. The van der Waals surface area contributed by atoms with Crippen molar-refractivity contribution in [2.24, 2.45) is 0 Å². The van der Waals surface area contributed by atoms with E-state index in [9.17, 15) is 13.2 Å². The Labute approximate surface area is 175 Å². The van der Waals surface area contributed by atoms with Gasteiger partial charge >= 0.3 is 0 Å². The number of amides is 1. The van der Waals surface area contributed by atoms with E-state index < -0.39 is 16.1 Å². The second-order valence-electron chi connectivity index (χ2n) is 7.69. The molecular formula is C23H32N2O3S. The van der Waals surface area contributed by atoms with Crippen molar-refractivity contribution < 1.29 is 13.2 Å². The summed E-state index contributed by atoms with van der Waals surface area (Å²) >= 11 is 0. The Bertz CT molecular complexity index is 926. The van der Waals surface area contributed by atoms with Gasteiger partial charge < -0.3 is 5.32 Å². The molecule has 158 valence electrons. The van der Waals surface area contributed by atoms with Crippen LogP contribution in [0.1, 0.15) is 43.4 Å². The molecule has 0 fully saturated rings. The standard InChI is InChI=1S/C23H32N2O3S/c1-6-22(23(26)24-19(4)13-14-20-10-8-7-9-11-20)25(29(5,27)28)21-15-12-17(2)18(3)16-21/h7-12,15-16,19,22H,6,13-14H2,1-5H3,(H,24,26)/t19-,22-/m0/s1. The minimum atomic E-state index is -3.62. The molecule has 2 aromatic rings. The van der Waals surface area contributed by atoms with Gasteiger partial charge in [0.05, 0.1) is 11.9 Å². The van der Waals surface area contributed by atoms with Crippen molar-refractivity contribution >= 4 is 21.6 Å². The number of hydrogen-bond donors (Lipinski definition) is 1. The summed E-state index contributed by atoms with van der Waals surface area (Å²) in [5, 5.41) is 3.00. The first-order valence-electron chi connectivity index (χ1n) is 10.0. The van der Waals surface area contributed by atoms with Crippen molar-refractivity contribution in [3.8, 4) is 0 Å². The lowest BCUT2D eigenvalue weighted by molar-refractivity contribution is -0.122. The first-order valence-corrected chi connectivity index (χ1v) is 11.9. The molecule has 29 heavy (non-hydrogen) atoms. The van der Waals surface area contributed by atoms with Crippen LogP contribution in [0, 0.1) is 13.8 Å². The normalized spacial score (nSPS) is 13.6. The van der Waals surface area contributed by atoms with Crippen LogP contribution in [0.2, 0.25) is 0 Å². The second-order valence-corrected chi connectivity index (χ2v) is 9.54. The van der Waals surface area contributed by atoms with Crippen molar-refractivity contribution in [3.63, 3.8) is 0 Å². The molecule has 6 heteroatoms. The van der Waals surface area contributed by atoms with E-state index in [2.05, 4.69) is 17.4 Å². The number of nitrogens with zero attached hydrogens (tertiary/aromatic N) is 1. The SMILES string of the molecule is CC[C@@H](C(=O)N[C@@H](C)CCc1ccccc1)N(c1ccc(C)c(C)c1)S(C)(=O)=O. The molecule has 0 saturated heterocycles. The van der Waals surface area contributed by atoms with E-state index in [1.54, 1.807) is 6.07 Å². The van der Waals surface area contributed by atoms with Crippen LogP contribution >= 0.6 is 0 Å². The number of sulfonamides is 1. The third-order valence-electron chi connectivity index (χ3n) is 5.17. The Balaban J connectivity index is 2.16. The number of rotatable bonds is 9. The van der Waals surface area contributed by atoms with E-state index in [1.807, 2.05) is 58.0 Å². The Morgan fingerprint density at radius 3 is 2.28 bits per heavy atom. The number of anilines is 1. The quantitative estimate of drug-likeness (QED) is 0.672. The van der Waals surface area contributed by atoms with Crippen molar-refractivity contribution in [2.45, 2.75) is 59.0 Å². The summed E-state index contributed by atoms with van der Waals surface area (Å²) in [6.07, 6.45) is 3.18. The molecule has 0 unspecified atom stereocenters. The molecular weight excluding hydrogens is 384 g/mol. The van der Waals surface area contributed by atoms with E-state index in [0.29, 0.717) is 12.1 Å². The number of aryl methyl sites for hydroxylation is 3. The van der Waals surface area contributed by atoms with Crippen LogP contribution in [0.3, 0.4) is 0 Å². The predicted molar refractivity (Wildman–Crippen MR) is 120 cm³/mol. The summed E-state index contributed by atoms with van der Waals surface area (Å²) in [6, 6.07) is 14.7. The van der Waals surface area contributed by atoms with Crippen LogP contribution in [0.25, 0.3) is 0 Å². The number of carbonyl (C=O) groups is 1. The van der Waals surface area contributed by atoms with Gasteiger partial charge in [-0.15, -0.1) is 0 Å².